The van der Waals surface area contributed by atoms with Gasteiger partial charge >= 0.3 is 11.9 Å². The number of hydrogen-bond donors (Lipinski definition) is 5. The molecule has 0 heterocycles. The highest BCUT2D eigenvalue weighted by atomic mass is 18.2. The van der Waals surface area contributed by atoms with Gasteiger partial charge in [0.05, 0.1) is 0 Å². The molecule has 2 aromatic carbocycles. The van der Waals surface area contributed by atoms with Crippen molar-refractivity contribution < 1.29 is 33.7 Å². The second kappa shape index (κ2) is 9.44. The number of aliphatic carboxylic acids is 2. The Morgan fingerprint density at radius 1 is 0.862 bits per heavy atom. The van der Waals surface area contributed by atoms with Gasteiger partial charge in [0.1, 0.15) is 28.5 Å². The van der Waals surface area contributed by atoms with Gasteiger partial charge in [0.25, 0.3) is 0 Å². The van der Waals surface area contributed by atoms with Crippen molar-refractivity contribution in [1.82, 2.24) is 0 Å². The maximum absolute atomic E-state index is 13.2. The first-order chi connectivity index (χ1) is 13.3. The van der Waals surface area contributed by atoms with Crippen LogP contribution in [0, 0.1) is 11.6 Å². The minimum absolute atomic E-state index is 0.0188. The summed E-state index contributed by atoms with van der Waals surface area (Å²) >= 11 is 0. The molecule has 158 valence electrons. The number of phenolic OH excluding ortho intramolecular Hbond substituents is 1. The van der Waals surface area contributed by atoms with E-state index in [1.54, 1.807) is 12.1 Å². The third-order valence-corrected chi connectivity index (χ3v) is 4.08. The van der Waals surface area contributed by atoms with Crippen LogP contribution in [0.3, 0.4) is 0 Å². The summed E-state index contributed by atoms with van der Waals surface area (Å²) in [4.78, 5) is 21.4. The number of aromatic hydroxyl groups is 1. The van der Waals surface area contributed by atoms with Crippen LogP contribution in [0.1, 0.15) is 25.0 Å². The summed E-state index contributed by atoms with van der Waals surface area (Å²) in [5, 5.41) is 26.6. The van der Waals surface area contributed by atoms with Crippen LogP contribution in [0.4, 0.5) is 8.78 Å². The Balaban J connectivity index is 0.000000291. The second-order valence-corrected chi connectivity index (χ2v) is 7.17. The summed E-state index contributed by atoms with van der Waals surface area (Å²) in [6.45, 7) is 2.65. The minimum Gasteiger partial charge on any atom is -0.508 e. The molecular weight excluding hydrogens is 384 g/mol. The van der Waals surface area contributed by atoms with E-state index in [1.165, 1.54) is 38.1 Å². The van der Waals surface area contributed by atoms with E-state index in [0.717, 1.165) is 6.07 Å². The van der Waals surface area contributed by atoms with Crippen molar-refractivity contribution in [3.63, 3.8) is 0 Å². The van der Waals surface area contributed by atoms with Gasteiger partial charge in [-0.2, -0.15) is 0 Å². The number of nitrogens with two attached hydrogens (primary N) is 2. The predicted molar refractivity (Wildman–Crippen MR) is 102 cm³/mol. The van der Waals surface area contributed by atoms with E-state index >= 15 is 0 Å². The van der Waals surface area contributed by atoms with Gasteiger partial charge in [-0.15, -0.1) is 0 Å². The van der Waals surface area contributed by atoms with Crippen LogP contribution >= 0.6 is 0 Å². The lowest BCUT2D eigenvalue weighted by Crippen LogP contribution is -2.47. The molecule has 29 heavy (non-hydrogen) atoms. The van der Waals surface area contributed by atoms with Crippen molar-refractivity contribution in [2.45, 2.75) is 37.8 Å². The maximum atomic E-state index is 13.2. The van der Waals surface area contributed by atoms with Crippen molar-refractivity contribution in [2.24, 2.45) is 11.5 Å². The van der Waals surface area contributed by atoms with Crippen molar-refractivity contribution in [1.29, 1.82) is 0 Å². The maximum Gasteiger partial charge on any atom is 0.323 e. The molecule has 9 heteroatoms. The summed E-state index contributed by atoms with van der Waals surface area (Å²) in [6.07, 6.45) is -0.197. The highest BCUT2D eigenvalue weighted by Crippen LogP contribution is 2.19. The van der Waals surface area contributed by atoms with Crippen LogP contribution in [-0.2, 0) is 22.4 Å². The molecule has 0 aliphatic rings. The van der Waals surface area contributed by atoms with E-state index in [0.29, 0.717) is 5.56 Å². The van der Waals surface area contributed by atoms with Crippen molar-refractivity contribution in [3.8, 4) is 5.75 Å². The molecule has 2 atom stereocenters. The fourth-order valence-electron chi connectivity index (χ4n) is 2.28. The standard InChI is InChI=1S/C10H12FNO3.C10H12FNO2/c1-10(12,9(14)15)5-6-4-7(13)2-3-8(6)11;1-10(12,9(13)14)6-7-4-2-3-5-8(7)11/h2-4,13H,5,12H2,1H3,(H,14,15);2-5H,6,12H2,1H3,(H,13,14)/t2*10-/m00/s1/i2*11-1. The summed E-state index contributed by atoms with van der Waals surface area (Å²) < 4.78 is 26.3. The molecule has 7 N–H and O–H groups in total. The molecule has 7 nitrogen and oxygen atoms in total. The Hall–Kier alpha value is -3.04. The van der Waals surface area contributed by atoms with E-state index < -0.39 is 34.7 Å². The van der Waals surface area contributed by atoms with Crippen molar-refractivity contribution in [2.75, 3.05) is 0 Å². The van der Waals surface area contributed by atoms with Gasteiger partial charge in [-0.25, -0.2) is 8.78 Å². The Morgan fingerprint density at radius 2 is 1.31 bits per heavy atom. The average Bonchev–Trinajstić information content (AvgIpc) is 2.60. The molecule has 0 fully saturated rings. The Kier molecular flexibility index (Phi) is 7.81. The van der Waals surface area contributed by atoms with E-state index in [1.807, 2.05) is 0 Å². The number of halogens is 2. The number of rotatable bonds is 6. The molecule has 2 aromatic rings. The predicted octanol–water partition coefficient (Wildman–Crippen LogP) is 2.05. The molecule has 2 rings (SSSR count). The van der Waals surface area contributed by atoms with Gasteiger partial charge in [0.15, 0.2) is 0 Å². The van der Waals surface area contributed by atoms with Gasteiger partial charge in [-0.3, -0.25) is 9.59 Å². The molecule has 0 aromatic heterocycles. The molecule has 0 aliphatic carbocycles. The quantitative estimate of drug-likeness (QED) is 0.491. The minimum atomic E-state index is -1.55. The van der Waals surface area contributed by atoms with Gasteiger partial charge in [0.2, 0.25) is 0 Å². The summed E-state index contributed by atoms with van der Waals surface area (Å²) in [6, 6.07) is 9.44. The number of benzene rings is 2. The molecule has 0 unspecified atom stereocenters. The Bertz CT molecular complexity index is 885. The van der Waals surface area contributed by atoms with E-state index in [4.69, 9.17) is 26.8 Å². The third-order valence-electron chi connectivity index (χ3n) is 4.08. The fourth-order valence-corrected chi connectivity index (χ4v) is 2.28. The third kappa shape index (κ3) is 7.13. The smallest absolute Gasteiger partial charge is 0.323 e. The second-order valence-electron chi connectivity index (χ2n) is 7.17. The summed E-state index contributed by atoms with van der Waals surface area (Å²) in [7, 11) is 0. The van der Waals surface area contributed by atoms with Crippen molar-refractivity contribution >= 4 is 11.9 Å². The normalized spacial score (nSPS) is 14.7. The van der Waals surface area contributed by atoms with Gasteiger partial charge in [-0.1, -0.05) is 18.2 Å². The lowest BCUT2D eigenvalue weighted by Gasteiger charge is -2.19. The van der Waals surface area contributed by atoms with Crippen LogP contribution in [-0.4, -0.2) is 38.3 Å². The first-order valence-electron chi connectivity index (χ1n) is 8.51. The first-order valence-corrected chi connectivity index (χ1v) is 8.51. The number of phenols is 1. The Morgan fingerprint density at radius 3 is 1.79 bits per heavy atom. The Labute approximate surface area is 166 Å². The monoisotopic (exact) mass is 408 g/mol. The molecule has 0 aliphatic heterocycles. The molecule has 0 saturated carbocycles. The van der Waals surface area contributed by atoms with Gasteiger partial charge in [-0.05, 0) is 49.2 Å². The average molecular weight is 408 g/mol. The highest BCUT2D eigenvalue weighted by molar-refractivity contribution is 5.78. The van der Waals surface area contributed by atoms with E-state index in [-0.39, 0.29) is 24.2 Å². The van der Waals surface area contributed by atoms with Crippen LogP contribution in [0.5, 0.6) is 5.75 Å². The van der Waals surface area contributed by atoms with Gasteiger partial charge in [0, 0.05) is 12.8 Å². The number of hydrogen-bond acceptors (Lipinski definition) is 5. The number of carboxylic acid groups (broad SMARTS) is 2. The molecule has 0 bridgehead atoms. The molecule has 0 saturated heterocycles. The number of carbonyl (C=O) groups is 2. The molecular formula is C20H24F2N2O5. The molecule has 0 radical (unpaired) electrons. The fraction of sp³-hybridized carbons (Fsp3) is 0.300. The van der Waals surface area contributed by atoms with Crippen LogP contribution in [0.2, 0.25) is 0 Å². The lowest BCUT2D eigenvalue weighted by atomic mass is 9.94. The summed E-state index contributed by atoms with van der Waals surface area (Å²) in [5.41, 5.74) is 8.39. The van der Waals surface area contributed by atoms with E-state index in [9.17, 15) is 18.4 Å². The van der Waals surface area contributed by atoms with Crippen LogP contribution < -0.4 is 11.5 Å². The zero-order valence-corrected chi connectivity index (χ0v) is 16.0. The molecule has 0 amide bonds. The SMILES string of the molecule is C[C@](N)(Cc1cc(O)ccc1[18F])C(=O)O.C[C@](N)(Cc1ccccc1[18F])C(=O)O. The van der Waals surface area contributed by atoms with Crippen molar-refractivity contribution in [3.05, 3.63) is 65.2 Å². The zero-order chi connectivity index (χ0) is 22.4. The number of carboxylic acids is 2. The summed E-state index contributed by atoms with van der Waals surface area (Å²) in [5.74, 6) is -3.48. The molecule has 0 spiro atoms. The lowest BCUT2D eigenvalue weighted by molar-refractivity contribution is -0.143. The van der Waals surface area contributed by atoms with Crippen LogP contribution in [0.25, 0.3) is 0 Å². The zero-order valence-electron chi connectivity index (χ0n) is 16.0. The highest BCUT2D eigenvalue weighted by Gasteiger charge is 2.30. The first kappa shape index (κ1) is 24.0. The van der Waals surface area contributed by atoms with E-state index in [2.05, 4.69) is 0 Å². The largest absolute Gasteiger partial charge is 0.508 e. The van der Waals surface area contributed by atoms with Crippen LogP contribution in [0.15, 0.2) is 42.5 Å². The van der Waals surface area contributed by atoms with Gasteiger partial charge < -0.3 is 26.8 Å². The topological polar surface area (TPSA) is 147 Å².